The fraction of sp³-hybridized carbons (Fsp3) is 0.286. The van der Waals surface area contributed by atoms with Crippen LogP contribution in [0.2, 0.25) is 0 Å². The van der Waals surface area contributed by atoms with Crippen LogP contribution < -0.4 is 0 Å². The molecule has 0 fully saturated rings. The van der Waals surface area contributed by atoms with Gasteiger partial charge in [0, 0.05) is 26.8 Å². The molecule has 2 aromatic rings. The zero-order valence-corrected chi connectivity index (χ0v) is 13.4. The number of rotatable bonds is 5. The zero-order valence-electron chi connectivity index (χ0n) is 12.6. The van der Waals surface area contributed by atoms with Gasteiger partial charge in [-0.15, -0.1) is 0 Å². The number of aryl methyl sites for hydroxylation is 1. The van der Waals surface area contributed by atoms with Crippen molar-refractivity contribution in [3.63, 3.8) is 0 Å². The molecule has 0 aliphatic carbocycles. The van der Waals surface area contributed by atoms with E-state index in [1.54, 1.807) is 31.3 Å². The molecular formula is C14H17N3O4S. The molecule has 0 atom stereocenters. The van der Waals surface area contributed by atoms with E-state index in [4.69, 9.17) is 0 Å². The average molecular weight is 323 g/mol. The maximum Gasteiger partial charge on any atom is 0.337 e. The van der Waals surface area contributed by atoms with Crippen LogP contribution in [-0.2, 0) is 28.4 Å². The van der Waals surface area contributed by atoms with Gasteiger partial charge in [0.05, 0.1) is 18.9 Å². The summed E-state index contributed by atoms with van der Waals surface area (Å²) in [5, 5.41) is 3.87. The van der Waals surface area contributed by atoms with Gasteiger partial charge in [-0.25, -0.2) is 13.2 Å². The van der Waals surface area contributed by atoms with Crippen LogP contribution in [-0.4, -0.2) is 42.6 Å². The Morgan fingerprint density at radius 1 is 1.32 bits per heavy atom. The molecule has 1 aromatic carbocycles. The number of nitrogens with zero attached hydrogens (tertiary/aromatic N) is 3. The number of benzene rings is 1. The Labute approximate surface area is 129 Å². The van der Waals surface area contributed by atoms with Crippen molar-refractivity contribution in [3.05, 3.63) is 47.8 Å². The molecule has 0 saturated heterocycles. The molecule has 8 heteroatoms. The second-order valence-electron chi connectivity index (χ2n) is 4.80. The number of hydrogen-bond donors (Lipinski definition) is 0. The van der Waals surface area contributed by atoms with Crippen molar-refractivity contribution in [2.75, 3.05) is 14.2 Å². The number of aromatic nitrogens is 2. The lowest BCUT2D eigenvalue weighted by atomic mass is 10.1. The Hall–Kier alpha value is -2.19. The molecule has 0 unspecified atom stereocenters. The molecule has 2 rings (SSSR count). The van der Waals surface area contributed by atoms with Crippen LogP contribution in [0.1, 0.15) is 15.9 Å². The lowest BCUT2D eigenvalue weighted by Crippen LogP contribution is -2.26. The summed E-state index contributed by atoms with van der Waals surface area (Å²) in [6.07, 6.45) is 2.76. The maximum atomic E-state index is 12.4. The third-order valence-corrected chi connectivity index (χ3v) is 4.93. The topological polar surface area (TPSA) is 81.5 Å². The summed E-state index contributed by atoms with van der Waals surface area (Å²) in [7, 11) is 0.875. The number of methoxy groups -OCH3 is 1. The second-order valence-corrected chi connectivity index (χ2v) is 6.84. The number of carbonyl (C=O) groups excluding carboxylic acids is 1. The van der Waals surface area contributed by atoms with Crippen LogP contribution in [0.5, 0.6) is 0 Å². The third-order valence-electron chi connectivity index (χ3n) is 3.17. The standard InChI is InChI=1S/C14H17N3O4S/c1-16-10-13(8-15-16)22(19,20)17(2)9-11-4-6-12(7-5-11)14(18)21-3/h4-8,10H,9H2,1-3H3. The van der Waals surface area contributed by atoms with Crippen molar-refractivity contribution in [2.24, 2.45) is 7.05 Å². The molecule has 0 aliphatic rings. The lowest BCUT2D eigenvalue weighted by molar-refractivity contribution is 0.0600. The molecule has 7 nitrogen and oxygen atoms in total. The van der Waals surface area contributed by atoms with E-state index < -0.39 is 16.0 Å². The SMILES string of the molecule is COC(=O)c1ccc(CN(C)S(=O)(=O)c2cnn(C)c2)cc1. The first-order valence-corrected chi connectivity index (χ1v) is 7.91. The normalized spacial score (nSPS) is 11.6. The Bertz CT molecular complexity index is 766. The molecule has 1 heterocycles. The minimum atomic E-state index is -3.59. The third kappa shape index (κ3) is 3.34. The predicted octanol–water partition coefficient (Wildman–Crippen LogP) is 1.03. The molecule has 0 saturated carbocycles. The van der Waals surface area contributed by atoms with Crippen molar-refractivity contribution >= 4 is 16.0 Å². The van der Waals surface area contributed by atoms with E-state index in [1.807, 2.05) is 0 Å². The van der Waals surface area contributed by atoms with Gasteiger partial charge < -0.3 is 4.74 Å². The summed E-state index contributed by atoms with van der Waals surface area (Å²) < 4.78 is 32.0. The quantitative estimate of drug-likeness (QED) is 0.768. The number of carbonyl (C=O) groups is 1. The molecule has 22 heavy (non-hydrogen) atoms. The van der Waals surface area contributed by atoms with Crippen molar-refractivity contribution in [1.82, 2.24) is 14.1 Å². The van der Waals surface area contributed by atoms with E-state index in [9.17, 15) is 13.2 Å². The highest BCUT2D eigenvalue weighted by Crippen LogP contribution is 2.16. The number of ether oxygens (including phenoxy) is 1. The molecule has 118 valence electrons. The number of esters is 1. The largest absolute Gasteiger partial charge is 0.465 e. The fourth-order valence-electron chi connectivity index (χ4n) is 1.92. The number of hydrogen-bond acceptors (Lipinski definition) is 5. The van der Waals surface area contributed by atoms with Crippen molar-refractivity contribution < 1.29 is 17.9 Å². The molecule has 0 radical (unpaired) electrons. The fourth-order valence-corrected chi connectivity index (χ4v) is 3.06. The molecule has 1 aromatic heterocycles. The Morgan fingerprint density at radius 3 is 2.45 bits per heavy atom. The van der Waals surface area contributed by atoms with Crippen molar-refractivity contribution in [1.29, 1.82) is 0 Å². The summed E-state index contributed by atoms with van der Waals surface area (Å²) in [6.45, 7) is 0.193. The lowest BCUT2D eigenvalue weighted by Gasteiger charge is -2.16. The van der Waals surface area contributed by atoms with Crippen LogP contribution in [0.3, 0.4) is 0 Å². The average Bonchev–Trinajstić information content (AvgIpc) is 2.94. The van der Waals surface area contributed by atoms with E-state index in [0.717, 1.165) is 5.56 Å². The van der Waals surface area contributed by atoms with E-state index in [0.29, 0.717) is 5.56 Å². The van der Waals surface area contributed by atoms with Crippen LogP contribution in [0, 0.1) is 0 Å². The first-order valence-electron chi connectivity index (χ1n) is 6.47. The highest BCUT2D eigenvalue weighted by atomic mass is 32.2. The van der Waals surface area contributed by atoms with E-state index in [2.05, 4.69) is 9.84 Å². The molecule has 0 amide bonds. The van der Waals surface area contributed by atoms with Crippen molar-refractivity contribution in [2.45, 2.75) is 11.4 Å². The van der Waals surface area contributed by atoms with Gasteiger partial charge in [0.15, 0.2) is 0 Å². The summed E-state index contributed by atoms with van der Waals surface area (Å²) in [5.41, 5.74) is 1.19. The zero-order chi connectivity index (χ0) is 16.3. The van der Waals surface area contributed by atoms with Crippen LogP contribution >= 0.6 is 0 Å². The Morgan fingerprint density at radius 2 is 1.95 bits per heavy atom. The number of sulfonamides is 1. The molecule has 0 spiro atoms. The molecule has 0 bridgehead atoms. The van der Waals surface area contributed by atoms with Crippen LogP contribution in [0.4, 0.5) is 0 Å². The first kappa shape index (κ1) is 16.2. The highest BCUT2D eigenvalue weighted by Gasteiger charge is 2.22. The molecule has 0 aliphatic heterocycles. The van der Waals surface area contributed by atoms with Gasteiger partial charge in [0.25, 0.3) is 0 Å². The van der Waals surface area contributed by atoms with Crippen LogP contribution in [0.15, 0.2) is 41.6 Å². The minimum absolute atomic E-state index is 0.142. The van der Waals surface area contributed by atoms with E-state index in [1.165, 1.54) is 35.5 Å². The van der Waals surface area contributed by atoms with Gasteiger partial charge in [-0.2, -0.15) is 9.40 Å². The van der Waals surface area contributed by atoms with Crippen molar-refractivity contribution in [3.8, 4) is 0 Å². The van der Waals surface area contributed by atoms with E-state index in [-0.39, 0.29) is 11.4 Å². The van der Waals surface area contributed by atoms with Gasteiger partial charge >= 0.3 is 5.97 Å². The maximum absolute atomic E-state index is 12.4. The summed E-state index contributed by atoms with van der Waals surface area (Å²) in [5.74, 6) is -0.428. The van der Waals surface area contributed by atoms with Gasteiger partial charge in [-0.05, 0) is 17.7 Å². The molecular weight excluding hydrogens is 306 g/mol. The monoisotopic (exact) mass is 323 g/mol. The van der Waals surface area contributed by atoms with Gasteiger partial charge in [0.1, 0.15) is 4.90 Å². The Kier molecular flexibility index (Phi) is 4.62. The minimum Gasteiger partial charge on any atom is -0.465 e. The summed E-state index contributed by atoms with van der Waals surface area (Å²) in [4.78, 5) is 11.5. The highest BCUT2D eigenvalue weighted by molar-refractivity contribution is 7.89. The second kappa shape index (κ2) is 6.29. The van der Waals surface area contributed by atoms with Gasteiger partial charge in [0.2, 0.25) is 10.0 Å². The molecule has 0 N–H and O–H groups in total. The van der Waals surface area contributed by atoms with Gasteiger partial charge in [-0.1, -0.05) is 12.1 Å². The summed E-state index contributed by atoms with van der Waals surface area (Å²) in [6, 6.07) is 6.60. The van der Waals surface area contributed by atoms with Gasteiger partial charge in [-0.3, -0.25) is 4.68 Å². The van der Waals surface area contributed by atoms with E-state index >= 15 is 0 Å². The summed E-state index contributed by atoms with van der Waals surface area (Å²) >= 11 is 0. The smallest absolute Gasteiger partial charge is 0.337 e. The first-order chi connectivity index (χ1) is 10.3. The Balaban J connectivity index is 2.14. The predicted molar refractivity (Wildman–Crippen MR) is 79.6 cm³/mol. The van der Waals surface area contributed by atoms with Crippen LogP contribution in [0.25, 0.3) is 0 Å².